The third-order valence-electron chi connectivity index (χ3n) is 4.42. The third-order valence-corrected chi connectivity index (χ3v) is 4.42. The van der Waals surface area contributed by atoms with Gasteiger partial charge in [0.2, 0.25) is 5.91 Å². The minimum absolute atomic E-state index is 0.0139. The summed E-state index contributed by atoms with van der Waals surface area (Å²) in [5, 5.41) is 13.8. The second kappa shape index (κ2) is 9.70. The van der Waals surface area contributed by atoms with E-state index in [1.54, 1.807) is 33.3 Å². The number of para-hydroxylation sites is 1. The van der Waals surface area contributed by atoms with E-state index in [1.165, 1.54) is 6.07 Å². The molecule has 0 saturated carbocycles. The number of carbonyl (C=O) groups is 1. The molecule has 0 atom stereocenters. The molecule has 150 valence electrons. The average Bonchev–Trinajstić information content (AvgIpc) is 2.67. The molecule has 2 aromatic rings. The Labute approximate surface area is 164 Å². The fraction of sp³-hybridized carbons (Fsp3) is 0.350. The van der Waals surface area contributed by atoms with Crippen molar-refractivity contribution in [2.24, 2.45) is 0 Å². The van der Waals surface area contributed by atoms with Gasteiger partial charge in [0.25, 0.3) is 5.69 Å². The molecule has 1 amide bonds. The molecule has 0 radical (unpaired) electrons. The van der Waals surface area contributed by atoms with Gasteiger partial charge in [0, 0.05) is 31.1 Å². The van der Waals surface area contributed by atoms with Crippen molar-refractivity contribution >= 4 is 17.3 Å². The topological polar surface area (TPSA) is 93.9 Å². The molecule has 0 aliphatic heterocycles. The van der Waals surface area contributed by atoms with E-state index in [-0.39, 0.29) is 18.0 Å². The quantitative estimate of drug-likeness (QED) is 0.524. The Bertz CT molecular complexity index is 854. The fourth-order valence-electron chi connectivity index (χ4n) is 2.91. The number of benzene rings is 2. The molecule has 2 aromatic carbocycles. The number of carbonyl (C=O) groups excluding carboxylic acids is 1. The summed E-state index contributed by atoms with van der Waals surface area (Å²) in [5.41, 5.74) is 1.84. The lowest BCUT2D eigenvalue weighted by molar-refractivity contribution is -0.385. The summed E-state index contributed by atoms with van der Waals surface area (Å²) in [7, 11) is 5.09. The highest BCUT2D eigenvalue weighted by Gasteiger charge is 2.16. The summed E-state index contributed by atoms with van der Waals surface area (Å²) >= 11 is 0. The van der Waals surface area contributed by atoms with Crippen molar-refractivity contribution in [1.29, 1.82) is 0 Å². The van der Waals surface area contributed by atoms with Gasteiger partial charge in [-0.2, -0.15) is 0 Å². The van der Waals surface area contributed by atoms with E-state index in [4.69, 9.17) is 9.47 Å². The summed E-state index contributed by atoms with van der Waals surface area (Å²) < 4.78 is 10.7. The number of nitro benzene ring substituents is 1. The maximum absolute atomic E-state index is 12.3. The van der Waals surface area contributed by atoms with Gasteiger partial charge in [-0.25, -0.2) is 0 Å². The minimum Gasteiger partial charge on any atom is -0.493 e. The van der Waals surface area contributed by atoms with Gasteiger partial charge in [-0.05, 0) is 26.1 Å². The highest BCUT2D eigenvalue weighted by Crippen LogP contribution is 2.31. The van der Waals surface area contributed by atoms with Crippen LogP contribution in [0.2, 0.25) is 0 Å². The summed E-state index contributed by atoms with van der Waals surface area (Å²) in [6.07, 6.45) is 0.255. The monoisotopic (exact) mass is 387 g/mol. The van der Waals surface area contributed by atoms with Crippen molar-refractivity contribution in [1.82, 2.24) is 4.90 Å². The fourth-order valence-corrected chi connectivity index (χ4v) is 2.91. The Morgan fingerprint density at radius 3 is 2.54 bits per heavy atom. The molecule has 28 heavy (non-hydrogen) atoms. The molecule has 0 heterocycles. The third kappa shape index (κ3) is 5.20. The molecule has 2 rings (SSSR count). The number of anilines is 1. The lowest BCUT2D eigenvalue weighted by Crippen LogP contribution is -2.24. The number of hydrogen-bond donors (Lipinski definition) is 1. The molecule has 0 aliphatic rings. The van der Waals surface area contributed by atoms with Crippen LogP contribution in [0.25, 0.3) is 0 Å². The van der Waals surface area contributed by atoms with Crippen LogP contribution >= 0.6 is 0 Å². The number of nitrogens with one attached hydrogen (secondary N) is 1. The van der Waals surface area contributed by atoms with Gasteiger partial charge in [-0.15, -0.1) is 0 Å². The smallest absolute Gasteiger partial charge is 0.274 e. The van der Waals surface area contributed by atoms with Crippen molar-refractivity contribution < 1.29 is 19.2 Å². The van der Waals surface area contributed by atoms with E-state index in [2.05, 4.69) is 5.32 Å². The zero-order chi connectivity index (χ0) is 20.7. The van der Waals surface area contributed by atoms with Crippen LogP contribution in [-0.4, -0.2) is 43.5 Å². The molecule has 0 saturated heterocycles. The Balaban J connectivity index is 1.95. The number of hydrogen-bond acceptors (Lipinski definition) is 6. The first-order chi connectivity index (χ1) is 13.4. The number of rotatable bonds is 9. The largest absolute Gasteiger partial charge is 0.493 e. The number of amides is 1. The summed E-state index contributed by atoms with van der Waals surface area (Å²) in [4.78, 5) is 24.8. The molecule has 0 unspecified atom stereocenters. The molecule has 0 aromatic heterocycles. The summed E-state index contributed by atoms with van der Waals surface area (Å²) in [6, 6.07) is 10.3. The number of nitrogens with zero attached hydrogens (tertiary/aromatic N) is 2. The van der Waals surface area contributed by atoms with E-state index in [0.717, 1.165) is 5.56 Å². The van der Waals surface area contributed by atoms with Gasteiger partial charge in [0.1, 0.15) is 0 Å². The Kier molecular flexibility index (Phi) is 7.34. The van der Waals surface area contributed by atoms with Gasteiger partial charge in [-0.1, -0.05) is 18.2 Å². The van der Waals surface area contributed by atoms with E-state index in [9.17, 15) is 14.9 Å². The molecular formula is C20H25N3O5. The number of methoxy groups -OCH3 is 2. The average molecular weight is 387 g/mol. The van der Waals surface area contributed by atoms with Crippen molar-refractivity contribution in [2.45, 2.75) is 19.9 Å². The number of nitro groups is 1. The highest BCUT2D eigenvalue weighted by atomic mass is 16.6. The summed E-state index contributed by atoms with van der Waals surface area (Å²) in [6.45, 7) is 2.72. The van der Waals surface area contributed by atoms with Crippen LogP contribution in [0.1, 0.15) is 17.5 Å². The first kappa shape index (κ1) is 21.2. The standard InChI is InChI=1S/C20H25N3O5/c1-14-16(8-6-9-17(14)23(25)26)21-19(24)11-12-22(2)13-15-7-5-10-18(27-3)20(15)28-4/h5-10H,11-13H2,1-4H3,(H,21,24). The normalized spacial score (nSPS) is 10.6. The lowest BCUT2D eigenvalue weighted by Gasteiger charge is -2.19. The molecule has 8 heteroatoms. The SMILES string of the molecule is COc1cccc(CN(C)CCC(=O)Nc2cccc([N+](=O)[O-])c2C)c1OC. The van der Waals surface area contributed by atoms with Crippen LogP contribution in [0.5, 0.6) is 11.5 Å². The number of ether oxygens (including phenoxy) is 2. The van der Waals surface area contributed by atoms with E-state index in [1.807, 2.05) is 30.1 Å². The molecule has 0 fully saturated rings. The maximum Gasteiger partial charge on any atom is 0.274 e. The van der Waals surface area contributed by atoms with Crippen LogP contribution in [0.3, 0.4) is 0 Å². The van der Waals surface area contributed by atoms with Gasteiger partial charge < -0.3 is 19.7 Å². The lowest BCUT2D eigenvalue weighted by atomic mass is 10.1. The first-order valence-electron chi connectivity index (χ1n) is 8.79. The van der Waals surface area contributed by atoms with Crippen molar-refractivity contribution in [3.05, 3.63) is 57.6 Å². The molecule has 0 bridgehead atoms. The van der Waals surface area contributed by atoms with Crippen molar-refractivity contribution in [2.75, 3.05) is 33.1 Å². The Morgan fingerprint density at radius 1 is 1.18 bits per heavy atom. The predicted octanol–water partition coefficient (Wildman–Crippen LogP) is 3.38. The van der Waals surface area contributed by atoms with Gasteiger partial charge in [0.05, 0.1) is 30.4 Å². The van der Waals surface area contributed by atoms with Crippen molar-refractivity contribution in [3.8, 4) is 11.5 Å². The zero-order valence-electron chi connectivity index (χ0n) is 16.5. The molecule has 0 spiro atoms. The van der Waals surface area contributed by atoms with Crippen LogP contribution in [0.4, 0.5) is 11.4 Å². The van der Waals surface area contributed by atoms with E-state index in [0.29, 0.717) is 35.8 Å². The van der Waals surface area contributed by atoms with Crippen LogP contribution in [-0.2, 0) is 11.3 Å². The van der Waals surface area contributed by atoms with Crippen molar-refractivity contribution in [3.63, 3.8) is 0 Å². The van der Waals surface area contributed by atoms with Crippen LogP contribution in [0, 0.1) is 17.0 Å². The molecular weight excluding hydrogens is 362 g/mol. The van der Waals surface area contributed by atoms with E-state index < -0.39 is 4.92 Å². The highest BCUT2D eigenvalue weighted by molar-refractivity contribution is 5.92. The second-order valence-corrected chi connectivity index (χ2v) is 6.40. The maximum atomic E-state index is 12.3. The first-order valence-corrected chi connectivity index (χ1v) is 8.79. The van der Waals surface area contributed by atoms with Crippen LogP contribution in [0.15, 0.2) is 36.4 Å². The molecule has 0 aliphatic carbocycles. The Hall–Kier alpha value is -3.13. The molecule has 1 N–H and O–H groups in total. The van der Waals surface area contributed by atoms with Gasteiger partial charge in [0.15, 0.2) is 11.5 Å². The van der Waals surface area contributed by atoms with Crippen LogP contribution < -0.4 is 14.8 Å². The second-order valence-electron chi connectivity index (χ2n) is 6.40. The predicted molar refractivity (Wildman–Crippen MR) is 107 cm³/mol. The minimum atomic E-state index is -0.458. The van der Waals surface area contributed by atoms with Gasteiger partial charge in [-0.3, -0.25) is 14.9 Å². The molecule has 8 nitrogen and oxygen atoms in total. The van der Waals surface area contributed by atoms with Gasteiger partial charge >= 0.3 is 0 Å². The van der Waals surface area contributed by atoms with E-state index >= 15 is 0 Å². The zero-order valence-corrected chi connectivity index (χ0v) is 16.5. The Morgan fingerprint density at radius 2 is 1.89 bits per heavy atom. The summed E-state index contributed by atoms with van der Waals surface area (Å²) in [5.74, 6) is 1.13.